The zero-order valence-electron chi connectivity index (χ0n) is 18.3. The lowest BCUT2D eigenvalue weighted by Gasteiger charge is -2.31. The lowest BCUT2D eigenvalue weighted by Crippen LogP contribution is -2.41. The van der Waals surface area contributed by atoms with Crippen LogP contribution in [0.25, 0.3) is 0 Å². The molecule has 0 saturated carbocycles. The molecule has 4 heterocycles. The molecule has 0 spiro atoms. The maximum Gasteiger partial charge on any atom is 0.196 e. The molecule has 4 unspecified atom stereocenters. The fraction of sp³-hybridized carbons (Fsp3) is 0.522. The van der Waals surface area contributed by atoms with Gasteiger partial charge >= 0.3 is 0 Å². The Bertz CT molecular complexity index is 971. The molecule has 4 aliphatic heterocycles. The van der Waals surface area contributed by atoms with Gasteiger partial charge in [0.25, 0.3) is 0 Å². The normalized spacial score (nSPS) is 41.5. The quantitative estimate of drug-likeness (QED) is 0.693. The number of hydrogen-bond donors (Lipinski definition) is 1. The summed E-state index contributed by atoms with van der Waals surface area (Å²) in [5.74, 6) is 1.39. The van der Waals surface area contributed by atoms with Crippen molar-refractivity contribution in [2.75, 3.05) is 0 Å². The fourth-order valence-electron chi connectivity index (χ4n) is 5.39. The van der Waals surface area contributed by atoms with Crippen molar-refractivity contribution in [1.29, 1.82) is 0 Å². The Kier molecular flexibility index (Phi) is 3.15. The first-order valence-corrected chi connectivity index (χ1v) is 11.1. The van der Waals surface area contributed by atoms with E-state index in [1.54, 1.807) is 16.6 Å². The predicted molar refractivity (Wildman–Crippen MR) is 111 cm³/mol. The Labute approximate surface area is 169 Å². The lowest BCUT2D eigenvalue weighted by molar-refractivity contribution is 0.148. The van der Waals surface area contributed by atoms with Crippen LogP contribution in [0, 0.1) is 11.8 Å². The third-order valence-electron chi connectivity index (χ3n) is 6.70. The highest BCUT2D eigenvalue weighted by Crippen LogP contribution is 2.50. The van der Waals surface area contributed by atoms with E-state index in [4.69, 9.17) is 8.85 Å². The third-order valence-corrected chi connectivity index (χ3v) is 8.06. The molecule has 0 aromatic rings. The van der Waals surface area contributed by atoms with E-state index in [9.17, 15) is 0 Å². The van der Waals surface area contributed by atoms with Gasteiger partial charge in [0.2, 0.25) is 0 Å². The maximum absolute atomic E-state index is 7.67. The van der Waals surface area contributed by atoms with E-state index in [0.29, 0.717) is 5.37 Å². The van der Waals surface area contributed by atoms with Gasteiger partial charge in [-0.2, -0.15) is 0 Å². The van der Waals surface area contributed by atoms with E-state index in [1.165, 1.54) is 36.8 Å². The smallest absolute Gasteiger partial charge is 0.196 e. The molecule has 27 heavy (non-hydrogen) atoms. The number of nitrogens with one attached hydrogen (secondary N) is 1. The van der Waals surface area contributed by atoms with Gasteiger partial charge < -0.3 is 4.74 Å². The van der Waals surface area contributed by atoms with Crippen LogP contribution < -0.4 is 5.32 Å². The molecule has 6 rings (SSSR count). The lowest BCUT2D eigenvalue weighted by atomic mass is 9.81. The van der Waals surface area contributed by atoms with Gasteiger partial charge in [-0.15, -0.1) is 11.8 Å². The average Bonchev–Trinajstić information content (AvgIpc) is 3.30. The van der Waals surface area contributed by atoms with Crippen LogP contribution in [0.15, 0.2) is 62.8 Å². The van der Waals surface area contributed by atoms with Gasteiger partial charge in [-0.05, 0) is 67.5 Å². The van der Waals surface area contributed by atoms with E-state index >= 15 is 0 Å². The van der Waals surface area contributed by atoms with Gasteiger partial charge in [0.15, 0.2) is 6.23 Å². The van der Waals surface area contributed by atoms with Crippen molar-refractivity contribution in [3.63, 3.8) is 0 Å². The Morgan fingerprint density at radius 3 is 3.19 bits per heavy atom. The van der Waals surface area contributed by atoms with Crippen LogP contribution >= 0.6 is 11.8 Å². The second kappa shape index (κ2) is 6.25. The number of thioether (sulfide) groups is 1. The minimum atomic E-state index is -2.19. The SMILES string of the molecule is [2H]C([2H])([2H])C1=NC2OC3=C(C4CC=C5C6=C(CCCC6)S[C@H]5N4)C=CCC3C2C=C1. The highest BCUT2D eigenvalue weighted by molar-refractivity contribution is 8.04. The number of ether oxygens (including phenoxy) is 1. The van der Waals surface area contributed by atoms with Crippen molar-refractivity contribution in [3.05, 3.63) is 57.8 Å². The van der Waals surface area contributed by atoms with E-state index < -0.39 is 13.1 Å². The van der Waals surface area contributed by atoms with Gasteiger partial charge in [0, 0.05) is 33.3 Å². The van der Waals surface area contributed by atoms with Crippen LogP contribution in [0.5, 0.6) is 0 Å². The minimum absolute atomic E-state index is 0.121. The summed E-state index contributed by atoms with van der Waals surface area (Å²) in [7, 11) is 0. The van der Waals surface area contributed by atoms with Crippen molar-refractivity contribution in [2.24, 2.45) is 16.8 Å². The fourth-order valence-corrected chi connectivity index (χ4v) is 6.90. The first-order chi connectivity index (χ1) is 14.5. The molecule has 0 bridgehead atoms. The highest BCUT2D eigenvalue weighted by Gasteiger charge is 2.45. The number of nitrogens with zero attached hydrogens (tertiary/aromatic N) is 1. The molecule has 3 nitrogen and oxygen atoms in total. The van der Waals surface area contributed by atoms with Gasteiger partial charge in [-0.25, -0.2) is 4.99 Å². The molecule has 5 atom stereocenters. The molecule has 4 heteroatoms. The Balaban J connectivity index is 1.27. The van der Waals surface area contributed by atoms with Crippen molar-refractivity contribution in [1.82, 2.24) is 5.32 Å². The molecule has 140 valence electrons. The summed E-state index contributed by atoms with van der Waals surface area (Å²) in [5, 5.41) is 4.25. The third kappa shape index (κ3) is 2.56. The maximum atomic E-state index is 7.67. The Hall–Kier alpha value is -1.52. The molecule has 1 N–H and O–H groups in total. The number of dihydropyridines is 1. The van der Waals surface area contributed by atoms with Crippen LogP contribution in [0.2, 0.25) is 0 Å². The molecule has 2 aliphatic carbocycles. The summed E-state index contributed by atoms with van der Waals surface area (Å²) in [6.07, 6.45) is 17.2. The molecule has 1 saturated heterocycles. The van der Waals surface area contributed by atoms with Crippen molar-refractivity contribution in [2.45, 2.75) is 63.0 Å². The van der Waals surface area contributed by atoms with Gasteiger partial charge in [0.1, 0.15) is 5.76 Å². The van der Waals surface area contributed by atoms with E-state index in [0.717, 1.165) is 18.6 Å². The summed E-state index contributed by atoms with van der Waals surface area (Å²) in [5.41, 5.74) is 4.50. The molecule has 0 amide bonds. The number of rotatable bonds is 1. The van der Waals surface area contributed by atoms with Gasteiger partial charge in [0.05, 0.1) is 5.37 Å². The van der Waals surface area contributed by atoms with E-state index in [1.807, 2.05) is 17.8 Å². The van der Waals surface area contributed by atoms with Crippen LogP contribution in [0.1, 0.15) is 49.5 Å². The summed E-state index contributed by atoms with van der Waals surface area (Å²) in [4.78, 5) is 6.06. The van der Waals surface area contributed by atoms with E-state index in [-0.39, 0.29) is 23.6 Å². The summed E-state index contributed by atoms with van der Waals surface area (Å²) in [6, 6.07) is 0.233. The number of aliphatic imine (C=N–C) groups is 1. The minimum Gasteiger partial charge on any atom is -0.472 e. The zero-order chi connectivity index (χ0) is 20.5. The standard InChI is InChI=1S/C23H26N2OS/c1-13-9-10-16-15-6-4-7-18(21(15)26-22(16)24-13)19-12-11-17-14-5-2-3-8-20(14)27-23(17)25-19/h4,7,9-11,15-16,19,22-23,25H,2-3,5-6,8,12H2,1H3/t15?,16?,19?,22?,23-/m1/s1/i1D3. The molecule has 1 fully saturated rings. The summed E-state index contributed by atoms with van der Waals surface area (Å²) < 4.78 is 29.3. The second-order valence-corrected chi connectivity index (χ2v) is 9.44. The summed E-state index contributed by atoms with van der Waals surface area (Å²) >= 11 is 2.01. The molecular weight excluding hydrogens is 352 g/mol. The largest absolute Gasteiger partial charge is 0.472 e. The topological polar surface area (TPSA) is 33.6 Å². The molecule has 6 aliphatic rings. The van der Waals surface area contributed by atoms with Crippen molar-refractivity contribution >= 4 is 17.5 Å². The van der Waals surface area contributed by atoms with Crippen LogP contribution in [0.4, 0.5) is 0 Å². The predicted octanol–water partition coefficient (Wildman–Crippen LogP) is 5.01. The van der Waals surface area contributed by atoms with Crippen molar-refractivity contribution < 1.29 is 8.85 Å². The monoisotopic (exact) mass is 381 g/mol. The molecule has 0 radical (unpaired) electrons. The zero-order valence-corrected chi connectivity index (χ0v) is 16.1. The average molecular weight is 382 g/mol. The van der Waals surface area contributed by atoms with Crippen LogP contribution in [-0.2, 0) is 4.74 Å². The number of hydrogen-bond acceptors (Lipinski definition) is 4. The van der Waals surface area contributed by atoms with Crippen LogP contribution in [0.3, 0.4) is 0 Å². The first kappa shape index (κ1) is 13.6. The number of fused-ring (bicyclic) bond motifs is 5. The van der Waals surface area contributed by atoms with Gasteiger partial charge in [-0.1, -0.05) is 24.3 Å². The second-order valence-electron chi connectivity index (χ2n) is 8.24. The highest BCUT2D eigenvalue weighted by atomic mass is 32.2. The molecule has 0 aromatic heterocycles. The first-order valence-electron chi connectivity index (χ1n) is 11.7. The van der Waals surface area contributed by atoms with Crippen LogP contribution in [-0.4, -0.2) is 23.4 Å². The van der Waals surface area contributed by atoms with E-state index in [2.05, 4.69) is 28.5 Å². The Morgan fingerprint density at radius 1 is 1.26 bits per heavy atom. The number of allylic oxidation sites excluding steroid dienone is 4. The Morgan fingerprint density at radius 2 is 2.22 bits per heavy atom. The van der Waals surface area contributed by atoms with Gasteiger partial charge in [-0.3, -0.25) is 5.32 Å². The molecular formula is C23H26N2OS. The molecule has 0 aromatic carbocycles. The van der Waals surface area contributed by atoms with Crippen molar-refractivity contribution in [3.8, 4) is 0 Å². The summed E-state index contributed by atoms with van der Waals surface area (Å²) in [6.45, 7) is -2.19.